The predicted molar refractivity (Wildman–Crippen MR) is 78.0 cm³/mol. The highest BCUT2D eigenvalue weighted by molar-refractivity contribution is 7.18. The summed E-state index contributed by atoms with van der Waals surface area (Å²) in [7, 11) is 0. The Labute approximate surface area is 112 Å². The summed E-state index contributed by atoms with van der Waals surface area (Å²) < 4.78 is 0. The van der Waals surface area contributed by atoms with Gasteiger partial charge in [0, 0.05) is 22.7 Å². The Morgan fingerprint density at radius 2 is 1.94 bits per heavy atom. The van der Waals surface area contributed by atoms with E-state index >= 15 is 0 Å². The number of hydrogen-bond acceptors (Lipinski definition) is 4. The molecule has 0 bridgehead atoms. The van der Waals surface area contributed by atoms with Crippen molar-refractivity contribution in [1.29, 1.82) is 0 Å². The molecule has 0 aromatic carbocycles. The molecule has 2 aromatic rings. The highest BCUT2D eigenvalue weighted by Crippen LogP contribution is 2.31. The van der Waals surface area contributed by atoms with Crippen LogP contribution in [0.1, 0.15) is 36.9 Å². The lowest BCUT2D eigenvalue weighted by atomic mass is 9.84. The van der Waals surface area contributed by atoms with Gasteiger partial charge in [0.05, 0.1) is 5.69 Å². The van der Waals surface area contributed by atoms with Gasteiger partial charge in [-0.15, -0.1) is 11.3 Å². The first kappa shape index (κ1) is 13.4. The molecule has 2 aromatic heterocycles. The Morgan fingerprint density at radius 1 is 1.28 bits per heavy atom. The zero-order chi connectivity index (χ0) is 13.5. The summed E-state index contributed by atoms with van der Waals surface area (Å²) in [6.07, 6.45) is 2.46. The fraction of sp³-hybridized carbons (Fsp3) is 0.571. The van der Waals surface area contributed by atoms with Crippen LogP contribution in [0.4, 0.5) is 0 Å². The molecule has 0 spiro atoms. The number of hydrogen-bond donors (Lipinski definition) is 1. The first-order chi connectivity index (χ1) is 8.30. The van der Waals surface area contributed by atoms with Crippen LogP contribution < -0.4 is 5.73 Å². The van der Waals surface area contributed by atoms with Gasteiger partial charge in [-0.3, -0.25) is 0 Å². The van der Waals surface area contributed by atoms with E-state index in [0.717, 1.165) is 16.9 Å². The summed E-state index contributed by atoms with van der Waals surface area (Å²) in [6.45, 7) is 10.8. The smallest absolute Gasteiger partial charge is 0.127 e. The van der Waals surface area contributed by atoms with E-state index < -0.39 is 0 Å². The van der Waals surface area contributed by atoms with Gasteiger partial charge >= 0.3 is 0 Å². The van der Waals surface area contributed by atoms with Gasteiger partial charge in [0.1, 0.15) is 11.2 Å². The molecular weight excluding hydrogens is 242 g/mol. The maximum atomic E-state index is 6.27. The zero-order valence-electron chi connectivity index (χ0n) is 11.7. The number of nitrogens with two attached hydrogens (primary N) is 1. The average molecular weight is 263 g/mol. The molecule has 4 heteroatoms. The molecule has 0 fully saturated rings. The first-order valence-electron chi connectivity index (χ1n) is 6.26. The molecule has 18 heavy (non-hydrogen) atoms. The topological polar surface area (TPSA) is 51.8 Å². The van der Waals surface area contributed by atoms with E-state index in [0.29, 0.717) is 0 Å². The lowest BCUT2D eigenvalue weighted by Crippen LogP contribution is -2.37. The van der Waals surface area contributed by atoms with Crippen LogP contribution in [0.3, 0.4) is 0 Å². The van der Waals surface area contributed by atoms with E-state index in [2.05, 4.69) is 44.6 Å². The van der Waals surface area contributed by atoms with Crippen molar-refractivity contribution >= 4 is 21.6 Å². The summed E-state index contributed by atoms with van der Waals surface area (Å²) in [4.78, 5) is 11.2. The second kappa shape index (κ2) is 4.59. The summed E-state index contributed by atoms with van der Waals surface area (Å²) in [5.74, 6) is 0. The minimum Gasteiger partial charge on any atom is -0.327 e. The van der Waals surface area contributed by atoms with Gasteiger partial charge < -0.3 is 5.73 Å². The molecule has 2 heterocycles. The summed E-state index contributed by atoms with van der Waals surface area (Å²) >= 11 is 1.74. The third-order valence-electron chi connectivity index (χ3n) is 3.57. The molecule has 1 unspecified atom stereocenters. The van der Waals surface area contributed by atoms with E-state index in [9.17, 15) is 0 Å². The van der Waals surface area contributed by atoms with Gasteiger partial charge in [0.25, 0.3) is 0 Å². The molecule has 0 aliphatic carbocycles. The number of aromatic nitrogens is 2. The van der Waals surface area contributed by atoms with Crippen LogP contribution in [0.25, 0.3) is 10.2 Å². The van der Waals surface area contributed by atoms with Crippen LogP contribution in [0.15, 0.2) is 6.33 Å². The maximum absolute atomic E-state index is 6.27. The number of fused-ring (bicyclic) bond motifs is 1. The van der Waals surface area contributed by atoms with Crippen molar-refractivity contribution in [2.75, 3.05) is 0 Å². The van der Waals surface area contributed by atoms with Crippen LogP contribution in [-0.4, -0.2) is 16.0 Å². The summed E-state index contributed by atoms with van der Waals surface area (Å²) in [5.41, 5.74) is 8.75. The van der Waals surface area contributed by atoms with Crippen molar-refractivity contribution < 1.29 is 0 Å². The highest BCUT2D eigenvalue weighted by Gasteiger charge is 2.23. The molecular formula is C14H21N3S. The van der Waals surface area contributed by atoms with Gasteiger partial charge in [0.2, 0.25) is 0 Å². The maximum Gasteiger partial charge on any atom is 0.127 e. The Bertz CT molecular complexity index is 566. The zero-order valence-corrected chi connectivity index (χ0v) is 12.6. The molecule has 0 aliphatic heterocycles. The molecule has 0 saturated carbocycles. The number of thiophene rings is 1. The normalized spacial score (nSPS) is 14.1. The lowest BCUT2D eigenvalue weighted by Gasteiger charge is -2.26. The van der Waals surface area contributed by atoms with Crippen LogP contribution in [0.2, 0.25) is 0 Å². The number of nitrogens with zero attached hydrogens (tertiary/aromatic N) is 2. The van der Waals surface area contributed by atoms with Gasteiger partial charge in [-0.2, -0.15) is 0 Å². The Morgan fingerprint density at radius 3 is 2.56 bits per heavy atom. The van der Waals surface area contributed by atoms with Gasteiger partial charge in [-0.05, 0) is 24.8 Å². The molecule has 2 rings (SSSR count). The third-order valence-corrected chi connectivity index (χ3v) is 4.68. The number of aryl methyl sites for hydroxylation is 2. The Kier molecular flexibility index (Phi) is 3.43. The van der Waals surface area contributed by atoms with Crippen LogP contribution in [0, 0.1) is 19.3 Å². The standard InChI is InChI=1S/C14H21N3S/c1-8-9(2)18-13-12(8)10(16-7-17-13)6-11(15)14(3,4)5/h7,11H,6,15H2,1-5H3. The predicted octanol–water partition coefficient (Wildman–Crippen LogP) is 3.22. The lowest BCUT2D eigenvalue weighted by molar-refractivity contribution is 0.317. The minimum atomic E-state index is 0.0935. The second-order valence-corrected chi connectivity index (χ2v) is 7.16. The molecule has 0 radical (unpaired) electrons. The summed E-state index contributed by atoms with van der Waals surface area (Å²) in [6, 6.07) is 0.107. The van der Waals surface area contributed by atoms with Crippen LogP contribution in [0.5, 0.6) is 0 Å². The largest absolute Gasteiger partial charge is 0.327 e. The Hall–Kier alpha value is -1.00. The third kappa shape index (κ3) is 2.40. The van der Waals surface area contributed by atoms with Crippen LogP contribution in [-0.2, 0) is 6.42 Å². The SMILES string of the molecule is Cc1sc2ncnc(CC(N)C(C)(C)C)c2c1C. The van der Waals surface area contributed by atoms with E-state index in [1.165, 1.54) is 15.8 Å². The first-order valence-corrected chi connectivity index (χ1v) is 7.07. The summed E-state index contributed by atoms with van der Waals surface area (Å²) in [5, 5.41) is 1.21. The quantitative estimate of drug-likeness (QED) is 0.905. The van der Waals surface area contributed by atoms with Crippen molar-refractivity contribution in [1.82, 2.24) is 9.97 Å². The minimum absolute atomic E-state index is 0.0935. The van der Waals surface area contributed by atoms with Crippen molar-refractivity contribution in [2.24, 2.45) is 11.1 Å². The second-order valence-electron chi connectivity index (χ2n) is 5.96. The van der Waals surface area contributed by atoms with E-state index in [4.69, 9.17) is 5.73 Å². The van der Waals surface area contributed by atoms with E-state index in [1.807, 2.05) is 0 Å². The van der Waals surface area contributed by atoms with E-state index in [1.54, 1.807) is 17.7 Å². The monoisotopic (exact) mass is 263 g/mol. The number of rotatable bonds is 2. The van der Waals surface area contributed by atoms with Crippen molar-refractivity contribution in [3.05, 3.63) is 22.5 Å². The molecule has 1 atom stereocenters. The average Bonchev–Trinajstić information content (AvgIpc) is 2.54. The molecule has 3 nitrogen and oxygen atoms in total. The fourth-order valence-corrected chi connectivity index (χ4v) is 2.94. The molecule has 98 valence electrons. The van der Waals surface area contributed by atoms with E-state index in [-0.39, 0.29) is 11.5 Å². The van der Waals surface area contributed by atoms with Gasteiger partial charge in [-0.25, -0.2) is 9.97 Å². The molecule has 0 amide bonds. The fourth-order valence-electron chi connectivity index (χ4n) is 1.92. The van der Waals surface area contributed by atoms with Gasteiger partial charge in [-0.1, -0.05) is 20.8 Å². The Balaban J connectivity index is 2.45. The molecule has 2 N–H and O–H groups in total. The van der Waals surface area contributed by atoms with Crippen molar-refractivity contribution in [2.45, 2.75) is 47.1 Å². The molecule has 0 saturated heterocycles. The van der Waals surface area contributed by atoms with Crippen LogP contribution >= 0.6 is 11.3 Å². The van der Waals surface area contributed by atoms with Crippen molar-refractivity contribution in [3.8, 4) is 0 Å². The molecule has 0 aliphatic rings. The highest BCUT2D eigenvalue weighted by atomic mass is 32.1. The van der Waals surface area contributed by atoms with Gasteiger partial charge in [0.15, 0.2) is 0 Å². The van der Waals surface area contributed by atoms with Crippen molar-refractivity contribution in [3.63, 3.8) is 0 Å².